The first-order chi connectivity index (χ1) is 16.1. The minimum atomic E-state index is -0.490. The van der Waals surface area contributed by atoms with Crippen molar-refractivity contribution in [3.63, 3.8) is 0 Å². The van der Waals surface area contributed by atoms with Gasteiger partial charge in [0.1, 0.15) is 5.69 Å². The SMILES string of the molecule is CN1C2CCC1CC(n1nc(C(N)=O)c3ccc(-c4cn(Cc5ccccc5)nn4)cc31)C2. The summed E-state index contributed by atoms with van der Waals surface area (Å²) in [7, 11) is 2.23. The topological polar surface area (TPSA) is 94.9 Å². The quantitative estimate of drug-likeness (QED) is 0.513. The van der Waals surface area contributed by atoms with Gasteiger partial charge in [0.15, 0.2) is 5.69 Å². The summed E-state index contributed by atoms with van der Waals surface area (Å²) >= 11 is 0. The maximum absolute atomic E-state index is 12.1. The summed E-state index contributed by atoms with van der Waals surface area (Å²) in [6, 6.07) is 17.6. The number of carbonyl (C=O) groups is 1. The second-order valence-electron chi connectivity index (χ2n) is 9.35. The number of carbonyl (C=O) groups excluding carboxylic acids is 1. The highest BCUT2D eigenvalue weighted by Crippen LogP contribution is 2.41. The molecule has 33 heavy (non-hydrogen) atoms. The number of nitrogens with two attached hydrogens (primary N) is 1. The largest absolute Gasteiger partial charge is 0.364 e. The normalized spacial score (nSPS) is 22.8. The lowest BCUT2D eigenvalue weighted by Crippen LogP contribution is -2.40. The van der Waals surface area contributed by atoms with Crippen LogP contribution >= 0.6 is 0 Å². The Morgan fingerprint density at radius 1 is 1.06 bits per heavy atom. The number of nitrogens with zero attached hydrogens (tertiary/aromatic N) is 6. The van der Waals surface area contributed by atoms with Crippen LogP contribution in [0.3, 0.4) is 0 Å². The highest BCUT2D eigenvalue weighted by Gasteiger charge is 2.40. The monoisotopic (exact) mass is 441 g/mol. The average Bonchev–Trinajstić information content (AvgIpc) is 3.48. The summed E-state index contributed by atoms with van der Waals surface area (Å²) in [4.78, 5) is 14.7. The predicted molar refractivity (Wildman–Crippen MR) is 126 cm³/mol. The van der Waals surface area contributed by atoms with E-state index in [0.29, 0.717) is 24.3 Å². The number of piperidine rings is 1. The summed E-state index contributed by atoms with van der Waals surface area (Å²) in [5, 5.41) is 14.2. The Kier molecular flexibility index (Phi) is 4.76. The Morgan fingerprint density at radius 2 is 1.82 bits per heavy atom. The molecule has 168 valence electrons. The van der Waals surface area contributed by atoms with Gasteiger partial charge in [-0.3, -0.25) is 9.48 Å². The summed E-state index contributed by atoms with van der Waals surface area (Å²) in [5.74, 6) is -0.490. The molecule has 0 saturated carbocycles. The molecule has 2 aromatic carbocycles. The second-order valence-corrected chi connectivity index (χ2v) is 9.35. The molecule has 4 heterocycles. The smallest absolute Gasteiger partial charge is 0.269 e. The average molecular weight is 442 g/mol. The standard InChI is InChI=1S/C25H27N7O/c1-30-18-8-9-19(30)13-20(12-18)32-23-11-17(7-10-21(23)24(28-32)25(26)33)22-15-31(29-27-22)14-16-5-3-2-4-6-16/h2-7,10-11,15,18-20H,8-9,12-14H2,1H3,(H2,26,33). The molecule has 0 aliphatic carbocycles. The van der Waals surface area contributed by atoms with Gasteiger partial charge < -0.3 is 10.6 Å². The number of aromatic nitrogens is 5. The molecule has 6 rings (SSSR count). The molecule has 2 unspecified atom stereocenters. The van der Waals surface area contributed by atoms with Gasteiger partial charge in [0.25, 0.3) is 5.91 Å². The van der Waals surface area contributed by atoms with E-state index in [0.717, 1.165) is 35.0 Å². The molecule has 2 saturated heterocycles. The van der Waals surface area contributed by atoms with Gasteiger partial charge >= 0.3 is 0 Å². The molecule has 2 aliphatic rings. The van der Waals surface area contributed by atoms with Gasteiger partial charge in [-0.15, -0.1) is 5.10 Å². The zero-order chi connectivity index (χ0) is 22.5. The number of primary amides is 1. The fraction of sp³-hybridized carbons (Fsp3) is 0.360. The van der Waals surface area contributed by atoms with Gasteiger partial charge in [-0.2, -0.15) is 5.10 Å². The van der Waals surface area contributed by atoms with E-state index in [-0.39, 0.29) is 6.04 Å². The fourth-order valence-corrected chi connectivity index (χ4v) is 5.62. The van der Waals surface area contributed by atoms with Crippen molar-refractivity contribution in [2.24, 2.45) is 5.73 Å². The molecule has 2 N–H and O–H groups in total. The maximum atomic E-state index is 12.1. The molecular formula is C25H27N7O. The molecule has 0 spiro atoms. The van der Waals surface area contributed by atoms with Crippen molar-refractivity contribution in [2.45, 2.75) is 50.4 Å². The summed E-state index contributed by atoms with van der Waals surface area (Å²) in [6.07, 6.45) is 6.50. The Bertz CT molecular complexity index is 1310. The maximum Gasteiger partial charge on any atom is 0.269 e. The molecular weight excluding hydrogens is 414 g/mol. The zero-order valence-electron chi connectivity index (χ0n) is 18.6. The minimum absolute atomic E-state index is 0.262. The van der Waals surface area contributed by atoms with Crippen molar-refractivity contribution in [1.29, 1.82) is 0 Å². The van der Waals surface area contributed by atoms with E-state index in [2.05, 4.69) is 40.5 Å². The number of rotatable bonds is 5. The molecule has 2 fully saturated rings. The van der Waals surface area contributed by atoms with E-state index in [1.165, 1.54) is 18.4 Å². The Balaban J connectivity index is 1.37. The molecule has 4 aromatic rings. The van der Waals surface area contributed by atoms with E-state index in [1.807, 2.05) is 45.9 Å². The van der Waals surface area contributed by atoms with Crippen molar-refractivity contribution < 1.29 is 4.79 Å². The molecule has 2 bridgehead atoms. The molecule has 1 amide bonds. The first kappa shape index (κ1) is 20.1. The van der Waals surface area contributed by atoms with Crippen molar-refractivity contribution in [3.05, 3.63) is 66.0 Å². The highest BCUT2D eigenvalue weighted by atomic mass is 16.1. The molecule has 0 radical (unpaired) electrons. The predicted octanol–water partition coefficient (Wildman–Crippen LogP) is 3.24. The lowest BCUT2D eigenvalue weighted by molar-refractivity contribution is 0.0993. The van der Waals surface area contributed by atoms with Crippen LogP contribution in [0, 0.1) is 0 Å². The Hall–Kier alpha value is -3.52. The zero-order valence-corrected chi connectivity index (χ0v) is 18.6. The Labute approximate surface area is 192 Å². The number of benzene rings is 2. The lowest BCUT2D eigenvalue weighted by Gasteiger charge is -2.36. The molecule has 2 aromatic heterocycles. The summed E-state index contributed by atoms with van der Waals surface area (Å²) in [5.41, 5.74) is 9.89. The van der Waals surface area contributed by atoms with Gasteiger partial charge in [0.05, 0.1) is 24.3 Å². The molecule has 2 atom stereocenters. The number of fused-ring (bicyclic) bond motifs is 3. The fourth-order valence-electron chi connectivity index (χ4n) is 5.62. The van der Waals surface area contributed by atoms with Crippen LogP contribution in [0.1, 0.15) is 47.8 Å². The number of hydrogen-bond acceptors (Lipinski definition) is 5. The van der Waals surface area contributed by atoms with Crippen LogP contribution in [0.25, 0.3) is 22.2 Å². The minimum Gasteiger partial charge on any atom is -0.364 e. The van der Waals surface area contributed by atoms with Crippen LogP contribution in [0.5, 0.6) is 0 Å². The Morgan fingerprint density at radius 3 is 2.55 bits per heavy atom. The summed E-state index contributed by atoms with van der Waals surface area (Å²) in [6.45, 7) is 0.665. The summed E-state index contributed by atoms with van der Waals surface area (Å²) < 4.78 is 3.89. The molecule has 8 nitrogen and oxygen atoms in total. The third-order valence-electron chi connectivity index (χ3n) is 7.38. The van der Waals surface area contributed by atoms with Gasteiger partial charge in [0.2, 0.25) is 0 Å². The van der Waals surface area contributed by atoms with E-state index in [9.17, 15) is 4.79 Å². The van der Waals surface area contributed by atoms with Crippen LogP contribution in [0.4, 0.5) is 0 Å². The van der Waals surface area contributed by atoms with Gasteiger partial charge in [-0.05, 0) is 50.4 Å². The van der Waals surface area contributed by atoms with E-state index in [1.54, 1.807) is 0 Å². The van der Waals surface area contributed by atoms with Crippen LogP contribution in [-0.4, -0.2) is 54.7 Å². The van der Waals surface area contributed by atoms with Crippen molar-refractivity contribution in [3.8, 4) is 11.3 Å². The van der Waals surface area contributed by atoms with Crippen molar-refractivity contribution in [2.75, 3.05) is 7.05 Å². The number of amides is 1. The van der Waals surface area contributed by atoms with Gasteiger partial charge in [-0.1, -0.05) is 41.6 Å². The highest BCUT2D eigenvalue weighted by molar-refractivity contribution is 6.04. The van der Waals surface area contributed by atoms with Crippen LogP contribution in [-0.2, 0) is 6.54 Å². The number of hydrogen-bond donors (Lipinski definition) is 1. The van der Waals surface area contributed by atoms with Gasteiger partial charge in [-0.25, -0.2) is 4.68 Å². The van der Waals surface area contributed by atoms with E-state index < -0.39 is 5.91 Å². The molecule has 2 aliphatic heterocycles. The first-order valence-corrected chi connectivity index (χ1v) is 11.6. The van der Waals surface area contributed by atoms with Crippen molar-refractivity contribution >= 4 is 16.8 Å². The van der Waals surface area contributed by atoms with Crippen LogP contribution in [0.2, 0.25) is 0 Å². The third-order valence-corrected chi connectivity index (χ3v) is 7.38. The third kappa shape index (κ3) is 3.51. The van der Waals surface area contributed by atoms with E-state index in [4.69, 9.17) is 10.8 Å². The van der Waals surface area contributed by atoms with Crippen LogP contribution < -0.4 is 5.73 Å². The van der Waals surface area contributed by atoms with Gasteiger partial charge in [0, 0.05) is 23.0 Å². The molecule has 8 heteroatoms. The van der Waals surface area contributed by atoms with Crippen LogP contribution in [0.15, 0.2) is 54.7 Å². The first-order valence-electron chi connectivity index (χ1n) is 11.6. The van der Waals surface area contributed by atoms with E-state index >= 15 is 0 Å². The second kappa shape index (κ2) is 7.81. The lowest BCUT2D eigenvalue weighted by atomic mass is 9.98. The van der Waals surface area contributed by atoms with Crippen molar-refractivity contribution in [1.82, 2.24) is 29.7 Å².